The third-order valence-corrected chi connectivity index (χ3v) is 3.49. The molecule has 0 aliphatic carbocycles. The zero-order valence-corrected chi connectivity index (χ0v) is 13.0. The molecule has 1 aromatic carbocycles. The zero-order chi connectivity index (χ0) is 15.9. The molecule has 0 radical (unpaired) electrons. The summed E-state index contributed by atoms with van der Waals surface area (Å²) in [6, 6.07) is 6.12. The first kappa shape index (κ1) is 16.5. The number of hydrogen-bond acceptors (Lipinski definition) is 4. The van der Waals surface area contributed by atoms with E-state index in [0.717, 1.165) is 17.0 Å². The molecular weight excluding hydrogens is 285 g/mol. The molecule has 0 spiro atoms. The predicted octanol–water partition coefficient (Wildman–Crippen LogP) is 1.80. The number of rotatable bonds is 8. The van der Waals surface area contributed by atoms with Crippen LogP contribution in [0.15, 0.2) is 24.3 Å². The second-order valence-corrected chi connectivity index (χ2v) is 5.08. The Morgan fingerprint density at radius 3 is 2.91 bits per heavy atom. The lowest BCUT2D eigenvalue weighted by atomic mass is 10.2. The summed E-state index contributed by atoms with van der Waals surface area (Å²) in [5, 5.41) is 16.7. The van der Waals surface area contributed by atoms with Crippen LogP contribution in [0.2, 0.25) is 0 Å². The lowest BCUT2D eigenvalue weighted by Gasteiger charge is -2.08. The molecule has 0 saturated heterocycles. The van der Waals surface area contributed by atoms with Crippen LogP contribution in [-0.4, -0.2) is 34.6 Å². The Kier molecular flexibility index (Phi) is 5.91. The van der Waals surface area contributed by atoms with E-state index in [9.17, 15) is 4.39 Å². The Labute approximate surface area is 129 Å². The summed E-state index contributed by atoms with van der Waals surface area (Å²) in [4.78, 5) is 0. The number of aromatic nitrogens is 2. The van der Waals surface area contributed by atoms with Crippen LogP contribution in [0.4, 0.5) is 4.39 Å². The highest BCUT2D eigenvalue weighted by Gasteiger charge is 2.10. The van der Waals surface area contributed by atoms with Crippen LogP contribution < -0.4 is 10.1 Å². The summed E-state index contributed by atoms with van der Waals surface area (Å²) in [6.07, 6.45) is 0. The van der Waals surface area contributed by atoms with Gasteiger partial charge in [0.15, 0.2) is 0 Å². The van der Waals surface area contributed by atoms with Crippen LogP contribution in [0.3, 0.4) is 0 Å². The van der Waals surface area contributed by atoms with Crippen LogP contribution in [0, 0.1) is 19.7 Å². The summed E-state index contributed by atoms with van der Waals surface area (Å²) in [5.74, 6) is 0.234. The molecular formula is C16H22FN3O2. The molecule has 22 heavy (non-hydrogen) atoms. The molecule has 0 unspecified atom stereocenters. The Balaban J connectivity index is 1.77. The standard InChI is InChI=1S/C16H22FN3O2/c1-12-16(13(2)20(19-12)7-8-21)11-18-6-9-22-15-5-3-4-14(17)10-15/h3-5,10,18,21H,6-9,11H2,1-2H3. The first-order valence-corrected chi connectivity index (χ1v) is 7.34. The summed E-state index contributed by atoms with van der Waals surface area (Å²) in [7, 11) is 0. The van der Waals surface area contributed by atoms with Crippen molar-refractivity contribution >= 4 is 0 Å². The zero-order valence-electron chi connectivity index (χ0n) is 13.0. The van der Waals surface area contributed by atoms with Crippen LogP contribution >= 0.6 is 0 Å². The molecule has 0 atom stereocenters. The Morgan fingerprint density at radius 2 is 2.18 bits per heavy atom. The lowest BCUT2D eigenvalue weighted by molar-refractivity contribution is 0.267. The predicted molar refractivity (Wildman–Crippen MR) is 82.4 cm³/mol. The SMILES string of the molecule is Cc1nn(CCO)c(C)c1CNCCOc1cccc(F)c1. The third-order valence-electron chi connectivity index (χ3n) is 3.49. The molecule has 0 amide bonds. The quantitative estimate of drug-likeness (QED) is 0.730. The van der Waals surface area contributed by atoms with Gasteiger partial charge in [-0.15, -0.1) is 0 Å². The van der Waals surface area contributed by atoms with E-state index in [0.29, 0.717) is 32.0 Å². The van der Waals surface area contributed by atoms with Gasteiger partial charge in [0.25, 0.3) is 0 Å². The average molecular weight is 307 g/mol. The lowest BCUT2D eigenvalue weighted by Crippen LogP contribution is -2.21. The number of nitrogens with one attached hydrogen (secondary N) is 1. The highest BCUT2D eigenvalue weighted by Crippen LogP contribution is 2.13. The van der Waals surface area contributed by atoms with Gasteiger partial charge in [-0.05, 0) is 26.0 Å². The fourth-order valence-corrected chi connectivity index (χ4v) is 2.31. The van der Waals surface area contributed by atoms with Crippen molar-refractivity contribution in [3.63, 3.8) is 0 Å². The van der Waals surface area contributed by atoms with Gasteiger partial charge in [-0.2, -0.15) is 5.10 Å². The van der Waals surface area contributed by atoms with E-state index in [4.69, 9.17) is 9.84 Å². The molecule has 0 fully saturated rings. The summed E-state index contributed by atoms with van der Waals surface area (Å²) < 4.78 is 20.3. The Hall–Kier alpha value is -1.92. The Morgan fingerprint density at radius 1 is 1.36 bits per heavy atom. The number of benzene rings is 1. The van der Waals surface area contributed by atoms with Gasteiger partial charge in [-0.1, -0.05) is 6.07 Å². The van der Waals surface area contributed by atoms with Crippen molar-refractivity contribution in [3.05, 3.63) is 47.0 Å². The molecule has 5 nitrogen and oxygen atoms in total. The van der Waals surface area contributed by atoms with Gasteiger partial charge in [-0.25, -0.2) is 4.39 Å². The second-order valence-electron chi connectivity index (χ2n) is 5.08. The van der Waals surface area contributed by atoms with E-state index >= 15 is 0 Å². The van der Waals surface area contributed by atoms with E-state index in [-0.39, 0.29) is 12.4 Å². The molecule has 2 aromatic rings. The van der Waals surface area contributed by atoms with Crippen molar-refractivity contribution in [1.29, 1.82) is 0 Å². The topological polar surface area (TPSA) is 59.3 Å². The highest BCUT2D eigenvalue weighted by molar-refractivity contribution is 5.24. The number of ether oxygens (including phenoxy) is 1. The second kappa shape index (κ2) is 7.91. The Bertz CT molecular complexity index is 613. The van der Waals surface area contributed by atoms with Crippen LogP contribution in [0.25, 0.3) is 0 Å². The van der Waals surface area contributed by atoms with Crippen molar-refractivity contribution in [1.82, 2.24) is 15.1 Å². The fraction of sp³-hybridized carbons (Fsp3) is 0.438. The third kappa shape index (κ3) is 4.29. The summed E-state index contributed by atoms with van der Waals surface area (Å²) >= 11 is 0. The number of halogens is 1. The number of aliphatic hydroxyl groups excluding tert-OH is 1. The van der Waals surface area contributed by atoms with Crippen molar-refractivity contribution in [2.24, 2.45) is 0 Å². The first-order valence-electron chi connectivity index (χ1n) is 7.34. The van der Waals surface area contributed by atoms with E-state index in [1.54, 1.807) is 12.1 Å². The molecule has 0 bridgehead atoms. The van der Waals surface area contributed by atoms with Gasteiger partial charge < -0.3 is 15.2 Å². The van der Waals surface area contributed by atoms with Gasteiger partial charge in [0.2, 0.25) is 0 Å². The van der Waals surface area contributed by atoms with Crippen molar-refractivity contribution in [2.45, 2.75) is 26.9 Å². The van der Waals surface area contributed by atoms with Crippen molar-refractivity contribution in [2.75, 3.05) is 19.8 Å². The van der Waals surface area contributed by atoms with Gasteiger partial charge in [0.05, 0.1) is 18.8 Å². The number of nitrogens with zero attached hydrogens (tertiary/aromatic N) is 2. The van der Waals surface area contributed by atoms with Gasteiger partial charge in [0, 0.05) is 30.4 Å². The minimum atomic E-state index is -0.298. The maximum atomic E-state index is 13.0. The van der Waals surface area contributed by atoms with E-state index in [1.807, 2.05) is 18.5 Å². The summed E-state index contributed by atoms with van der Waals surface area (Å²) in [6.45, 7) is 6.35. The first-order chi connectivity index (χ1) is 10.6. The number of hydrogen-bond donors (Lipinski definition) is 2. The van der Waals surface area contributed by atoms with E-state index in [2.05, 4.69) is 10.4 Å². The van der Waals surface area contributed by atoms with Crippen molar-refractivity contribution < 1.29 is 14.2 Å². The average Bonchev–Trinajstić information content (AvgIpc) is 2.75. The molecule has 2 rings (SSSR count). The largest absolute Gasteiger partial charge is 0.492 e. The minimum absolute atomic E-state index is 0.0797. The minimum Gasteiger partial charge on any atom is -0.492 e. The van der Waals surface area contributed by atoms with Gasteiger partial charge in [-0.3, -0.25) is 4.68 Å². The van der Waals surface area contributed by atoms with E-state index in [1.165, 1.54) is 12.1 Å². The van der Waals surface area contributed by atoms with Crippen LogP contribution in [-0.2, 0) is 13.1 Å². The van der Waals surface area contributed by atoms with Crippen LogP contribution in [0.1, 0.15) is 17.0 Å². The van der Waals surface area contributed by atoms with Crippen LogP contribution in [0.5, 0.6) is 5.75 Å². The number of aliphatic hydroxyl groups is 1. The maximum absolute atomic E-state index is 13.0. The molecule has 1 heterocycles. The van der Waals surface area contributed by atoms with E-state index < -0.39 is 0 Å². The smallest absolute Gasteiger partial charge is 0.126 e. The molecule has 0 aliphatic heterocycles. The molecule has 0 saturated carbocycles. The maximum Gasteiger partial charge on any atom is 0.126 e. The summed E-state index contributed by atoms with van der Waals surface area (Å²) in [5.41, 5.74) is 3.16. The molecule has 2 N–H and O–H groups in total. The molecule has 120 valence electrons. The van der Waals surface area contributed by atoms with Gasteiger partial charge in [0.1, 0.15) is 18.2 Å². The molecule has 6 heteroatoms. The number of aryl methyl sites for hydroxylation is 1. The molecule has 1 aromatic heterocycles. The molecule has 0 aliphatic rings. The van der Waals surface area contributed by atoms with Gasteiger partial charge >= 0.3 is 0 Å². The normalized spacial score (nSPS) is 10.9. The monoisotopic (exact) mass is 307 g/mol. The van der Waals surface area contributed by atoms with Crippen molar-refractivity contribution in [3.8, 4) is 5.75 Å². The fourth-order valence-electron chi connectivity index (χ4n) is 2.31. The highest BCUT2D eigenvalue weighted by atomic mass is 19.1.